The van der Waals surface area contributed by atoms with E-state index in [9.17, 15) is 5.11 Å². The van der Waals surface area contributed by atoms with Gasteiger partial charge in [0.05, 0.1) is 16.2 Å². The minimum Gasteiger partial charge on any atom is -0.506 e. The van der Waals surface area contributed by atoms with Crippen molar-refractivity contribution in [2.24, 2.45) is 10.9 Å². The van der Waals surface area contributed by atoms with Crippen LogP contribution in [0.2, 0.25) is 0 Å². The van der Waals surface area contributed by atoms with E-state index in [1.807, 2.05) is 5.38 Å². The van der Waals surface area contributed by atoms with Crippen LogP contribution in [0.5, 0.6) is 5.75 Å². The number of fused-ring (bicyclic) bond motifs is 1. The van der Waals surface area contributed by atoms with Gasteiger partial charge in [-0.3, -0.25) is 0 Å². The second-order valence-corrected chi connectivity index (χ2v) is 6.11. The monoisotopic (exact) mass is 286 g/mol. The first kappa shape index (κ1) is 13.2. The minimum atomic E-state index is 0.289. The number of aryl methyl sites for hydroxylation is 2. The average Bonchev–Trinajstić information content (AvgIpc) is 2.87. The average molecular weight is 286 g/mol. The molecule has 0 aliphatic heterocycles. The van der Waals surface area contributed by atoms with Gasteiger partial charge in [0.25, 0.3) is 0 Å². The Morgan fingerprint density at radius 1 is 1.25 bits per heavy atom. The summed E-state index contributed by atoms with van der Waals surface area (Å²) in [4.78, 5) is 0.899. The second-order valence-electron chi connectivity index (χ2n) is 5.23. The molecule has 1 heterocycles. The molecule has 3 nitrogen and oxygen atoms in total. The first-order valence-corrected chi connectivity index (χ1v) is 7.76. The van der Waals surface area contributed by atoms with E-state index >= 15 is 0 Å². The van der Waals surface area contributed by atoms with E-state index in [-0.39, 0.29) is 5.75 Å². The lowest BCUT2D eigenvalue weighted by atomic mass is 9.90. The maximum atomic E-state index is 10.4. The van der Waals surface area contributed by atoms with Gasteiger partial charge in [0.2, 0.25) is 0 Å². The number of nitrogens with zero attached hydrogens (tertiary/aromatic N) is 1. The first-order chi connectivity index (χ1) is 9.70. The Labute approximate surface area is 122 Å². The predicted molar refractivity (Wildman–Crippen MR) is 84.5 cm³/mol. The van der Waals surface area contributed by atoms with E-state index in [1.165, 1.54) is 41.7 Å². The molecule has 4 heteroatoms. The van der Waals surface area contributed by atoms with E-state index in [0.717, 1.165) is 22.4 Å². The summed E-state index contributed by atoms with van der Waals surface area (Å²) < 4.78 is 0. The van der Waals surface area contributed by atoms with Gasteiger partial charge in [0.15, 0.2) is 0 Å². The molecule has 2 aromatic rings. The van der Waals surface area contributed by atoms with Crippen molar-refractivity contribution in [2.75, 3.05) is 0 Å². The number of rotatable bonds is 2. The Morgan fingerprint density at radius 3 is 2.75 bits per heavy atom. The normalized spacial score (nSPS) is 15.2. The molecule has 0 atom stereocenters. The van der Waals surface area contributed by atoms with Crippen molar-refractivity contribution in [1.82, 2.24) is 0 Å². The lowest BCUT2D eigenvalue weighted by molar-refractivity contribution is 0.478. The molecule has 0 amide bonds. The Bertz CT molecular complexity index is 673. The molecule has 1 aliphatic carbocycles. The summed E-state index contributed by atoms with van der Waals surface area (Å²) in [6.45, 7) is 1.80. The van der Waals surface area contributed by atoms with Crippen molar-refractivity contribution in [3.8, 4) is 16.2 Å². The van der Waals surface area contributed by atoms with Crippen LogP contribution in [0.25, 0.3) is 10.4 Å². The topological polar surface area (TPSA) is 58.6 Å². The molecule has 0 spiro atoms. The molecule has 0 fully saturated rings. The standard InChI is InChI=1S/C16H18N2OS/c1-10(18-17)14-9-20-16(15(14)19)13-7-6-11-4-2-3-5-12(11)8-13/h6-9,19H,2-5,17H2,1H3. The van der Waals surface area contributed by atoms with Crippen LogP contribution in [0, 0.1) is 0 Å². The van der Waals surface area contributed by atoms with Gasteiger partial charge in [0, 0.05) is 5.38 Å². The zero-order valence-corrected chi connectivity index (χ0v) is 12.3. The molecule has 0 saturated heterocycles. The summed E-state index contributed by atoms with van der Waals surface area (Å²) in [7, 11) is 0. The maximum absolute atomic E-state index is 10.4. The van der Waals surface area contributed by atoms with Gasteiger partial charge in [-0.15, -0.1) is 11.3 Å². The molecule has 0 unspecified atom stereocenters. The van der Waals surface area contributed by atoms with Gasteiger partial charge in [-0.05, 0) is 55.4 Å². The van der Waals surface area contributed by atoms with Gasteiger partial charge in [-0.2, -0.15) is 5.10 Å². The van der Waals surface area contributed by atoms with Crippen molar-refractivity contribution >= 4 is 17.0 Å². The van der Waals surface area contributed by atoms with E-state index in [1.54, 1.807) is 6.92 Å². The highest BCUT2D eigenvalue weighted by molar-refractivity contribution is 7.14. The molecule has 3 rings (SSSR count). The summed E-state index contributed by atoms with van der Waals surface area (Å²) in [5.74, 6) is 5.58. The third-order valence-corrected chi connectivity index (χ3v) is 4.98. The molecule has 1 aromatic heterocycles. The smallest absolute Gasteiger partial charge is 0.143 e. The minimum absolute atomic E-state index is 0.289. The number of benzene rings is 1. The number of thiophene rings is 1. The summed E-state index contributed by atoms with van der Waals surface area (Å²) in [5, 5.41) is 15.9. The number of hydrogen-bond acceptors (Lipinski definition) is 4. The van der Waals surface area contributed by atoms with Gasteiger partial charge in [0.1, 0.15) is 5.75 Å². The van der Waals surface area contributed by atoms with Crippen molar-refractivity contribution in [2.45, 2.75) is 32.6 Å². The number of hydrazone groups is 1. The molecule has 20 heavy (non-hydrogen) atoms. The quantitative estimate of drug-likeness (QED) is 0.502. The fourth-order valence-electron chi connectivity index (χ4n) is 2.76. The molecule has 0 radical (unpaired) electrons. The lowest BCUT2D eigenvalue weighted by Gasteiger charge is -2.16. The summed E-state index contributed by atoms with van der Waals surface area (Å²) in [5.41, 5.74) is 5.35. The summed E-state index contributed by atoms with van der Waals surface area (Å²) in [6, 6.07) is 6.53. The van der Waals surface area contributed by atoms with Crippen LogP contribution in [0.4, 0.5) is 0 Å². The molecule has 104 valence electrons. The van der Waals surface area contributed by atoms with Crippen LogP contribution in [0.15, 0.2) is 28.7 Å². The SMILES string of the molecule is CC(=NN)c1csc(-c2ccc3c(c2)CCCC3)c1O. The van der Waals surface area contributed by atoms with E-state index in [2.05, 4.69) is 23.3 Å². The van der Waals surface area contributed by atoms with Crippen molar-refractivity contribution in [3.63, 3.8) is 0 Å². The van der Waals surface area contributed by atoms with Crippen LogP contribution in [0.3, 0.4) is 0 Å². The Morgan fingerprint density at radius 2 is 2.00 bits per heavy atom. The lowest BCUT2D eigenvalue weighted by Crippen LogP contribution is -2.02. The van der Waals surface area contributed by atoms with E-state index in [4.69, 9.17) is 5.84 Å². The zero-order chi connectivity index (χ0) is 14.1. The Balaban J connectivity index is 2.03. The van der Waals surface area contributed by atoms with Gasteiger partial charge in [-0.1, -0.05) is 12.1 Å². The fraction of sp³-hybridized carbons (Fsp3) is 0.312. The van der Waals surface area contributed by atoms with Gasteiger partial charge >= 0.3 is 0 Å². The summed E-state index contributed by atoms with van der Waals surface area (Å²) in [6.07, 6.45) is 4.87. The van der Waals surface area contributed by atoms with Gasteiger partial charge < -0.3 is 10.9 Å². The predicted octanol–water partition coefficient (Wildman–Crippen LogP) is 3.68. The molecular formula is C16H18N2OS. The van der Waals surface area contributed by atoms with Crippen LogP contribution in [-0.2, 0) is 12.8 Å². The van der Waals surface area contributed by atoms with Crippen LogP contribution >= 0.6 is 11.3 Å². The number of aromatic hydroxyl groups is 1. The van der Waals surface area contributed by atoms with E-state index in [0.29, 0.717) is 5.71 Å². The van der Waals surface area contributed by atoms with Crippen molar-refractivity contribution < 1.29 is 5.11 Å². The van der Waals surface area contributed by atoms with E-state index < -0.39 is 0 Å². The third kappa shape index (κ3) is 2.20. The largest absolute Gasteiger partial charge is 0.506 e. The molecule has 0 bridgehead atoms. The molecule has 3 N–H and O–H groups in total. The molecule has 1 aliphatic rings. The number of nitrogens with two attached hydrogens (primary N) is 1. The maximum Gasteiger partial charge on any atom is 0.143 e. The highest BCUT2D eigenvalue weighted by Crippen LogP contribution is 2.39. The second kappa shape index (κ2) is 5.29. The first-order valence-electron chi connectivity index (χ1n) is 6.88. The molecule has 1 aromatic carbocycles. The Kier molecular flexibility index (Phi) is 3.49. The highest BCUT2D eigenvalue weighted by atomic mass is 32.1. The summed E-state index contributed by atoms with van der Waals surface area (Å²) >= 11 is 1.54. The molecular weight excluding hydrogens is 268 g/mol. The van der Waals surface area contributed by atoms with Crippen LogP contribution in [-0.4, -0.2) is 10.8 Å². The van der Waals surface area contributed by atoms with Crippen molar-refractivity contribution in [1.29, 1.82) is 0 Å². The number of hydrogen-bond donors (Lipinski definition) is 2. The molecule has 0 saturated carbocycles. The Hall–Kier alpha value is -1.81. The van der Waals surface area contributed by atoms with Crippen LogP contribution < -0.4 is 5.84 Å². The van der Waals surface area contributed by atoms with Crippen LogP contribution in [0.1, 0.15) is 36.5 Å². The van der Waals surface area contributed by atoms with Gasteiger partial charge in [-0.25, -0.2) is 0 Å². The third-order valence-electron chi connectivity index (χ3n) is 3.96. The zero-order valence-electron chi connectivity index (χ0n) is 11.5. The fourth-order valence-corrected chi connectivity index (χ4v) is 3.76. The van der Waals surface area contributed by atoms with Crippen molar-refractivity contribution in [3.05, 3.63) is 40.3 Å². The highest BCUT2D eigenvalue weighted by Gasteiger charge is 2.16.